The van der Waals surface area contributed by atoms with E-state index in [2.05, 4.69) is 10.1 Å². The number of aromatic nitrogens is 2. The fraction of sp³-hybridized carbons (Fsp3) is 0.824. The van der Waals surface area contributed by atoms with Crippen molar-refractivity contribution in [3.8, 4) is 0 Å². The molecule has 0 radical (unpaired) electrons. The van der Waals surface area contributed by atoms with E-state index in [1.165, 1.54) is 0 Å². The van der Waals surface area contributed by atoms with Crippen LogP contribution in [0.15, 0.2) is 4.52 Å². The molecule has 2 fully saturated rings. The van der Waals surface area contributed by atoms with Gasteiger partial charge >= 0.3 is 6.09 Å². The number of amides is 1. The van der Waals surface area contributed by atoms with E-state index >= 15 is 0 Å². The van der Waals surface area contributed by atoms with Crippen LogP contribution >= 0.6 is 0 Å². The molecule has 0 aromatic carbocycles. The highest BCUT2D eigenvalue weighted by Crippen LogP contribution is 2.40. The molecule has 1 aromatic rings. The number of carbonyl (C=O) groups excluding carboxylic acids is 1. The molecule has 1 aliphatic heterocycles. The lowest BCUT2D eigenvalue weighted by Gasteiger charge is -2.25. The summed E-state index contributed by atoms with van der Waals surface area (Å²) < 4.78 is 38.8. The second kappa shape index (κ2) is 7.38. The van der Waals surface area contributed by atoms with Crippen molar-refractivity contribution in [1.82, 2.24) is 15.0 Å². The summed E-state index contributed by atoms with van der Waals surface area (Å²) in [6, 6.07) is 0. The van der Waals surface area contributed by atoms with Crippen molar-refractivity contribution >= 4 is 16.2 Å². The third-order valence-electron chi connectivity index (χ3n) is 4.62. The second-order valence-corrected chi connectivity index (χ2v) is 9.98. The van der Waals surface area contributed by atoms with Crippen LogP contribution in [0, 0.1) is 5.92 Å². The lowest BCUT2D eigenvalue weighted by molar-refractivity contribution is 0.0283. The standard InChI is InChI=1S/C17H27N3O6S/c1-17(2,3)25-16(21)20-8-7-12(9-20)13(10-24-27(4,22)23)15-18-14(19-26-15)11-5-6-11/h11-13H,5-10H2,1-4H3/t12-,13-/m0/s1. The Morgan fingerprint density at radius 1 is 1.33 bits per heavy atom. The van der Waals surface area contributed by atoms with Gasteiger partial charge in [0.2, 0.25) is 5.89 Å². The van der Waals surface area contributed by atoms with Gasteiger partial charge in [-0.1, -0.05) is 5.16 Å². The molecule has 2 heterocycles. The molecule has 2 aliphatic rings. The van der Waals surface area contributed by atoms with Gasteiger partial charge in [0.05, 0.1) is 18.8 Å². The van der Waals surface area contributed by atoms with E-state index in [1.54, 1.807) is 4.90 Å². The van der Waals surface area contributed by atoms with Crippen LogP contribution in [0.2, 0.25) is 0 Å². The van der Waals surface area contributed by atoms with Crippen molar-refractivity contribution in [3.63, 3.8) is 0 Å². The Morgan fingerprint density at radius 2 is 2.04 bits per heavy atom. The van der Waals surface area contributed by atoms with Crippen LogP contribution in [0.3, 0.4) is 0 Å². The first-order valence-electron chi connectivity index (χ1n) is 9.17. The second-order valence-electron chi connectivity index (χ2n) is 8.34. The summed E-state index contributed by atoms with van der Waals surface area (Å²) in [5.74, 6) is 0.924. The Balaban J connectivity index is 1.71. The number of carbonyl (C=O) groups is 1. The number of ether oxygens (including phenoxy) is 1. The molecule has 27 heavy (non-hydrogen) atoms. The van der Waals surface area contributed by atoms with Crippen LogP contribution < -0.4 is 0 Å². The van der Waals surface area contributed by atoms with Gasteiger partial charge in [0.15, 0.2) is 5.82 Å². The predicted molar refractivity (Wildman–Crippen MR) is 95.7 cm³/mol. The molecule has 152 valence electrons. The molecule has 1 aliphatic carbocycles. The molecule has 0 unspecified atom stereocenters. The van der Waals surface area contributed by atoms with Crippen molar-refractivity contribution in [2.45, 2.75) is 57.5 Å². The summed E-state index contributed by atoms with van der Waals surface area (Å²) in [6.07, 6.45) is 3.39. The minimum atomic E-state index is -3.60. The highest BCUT2D eigenvalue weighted by molar-refractivity contribution is 7.85. The van der Waals surface area contributed by atoms with Crippen molar-refractivity contribution in [2.24, 2.45) is 5.92 Å². The van der Waals surface area contributed by atoms with E-state index in [-0.39, 0.29) is 18.6 Å². The van der Waals surface area contributed by atoms with E-state index in [0.717, 1.165) is 19.1 Å². The third-order valence-corrected chi connectivity index (χ3v) is 5.19. The molecular weight excluding hydrogens is 374 g/mol. The Hall–Kier alpha value is -1.68. The van der Waals surface area contributed by atoms with E-state index in [9.17, 15) is 13.2 Å². The zero-order chi connectivity index (χ0) is 19.8. The van der Waals surface area contributed by atoms with Crippen LogP contribution in [-0.4, -0.2) is 61.1 Å². The van der Waals surface area contributed by atoms with Gasteiger partial charge in [-0.05, 0) is 46.0 Å². The molecule has 1 saturated heterocycles. The summed E-state index contributed by atoms with van der Waals surface area (Å²) in [6.45, 7) is 6.32. The first-order chi connectivity index (χ1) is 12.5. The SMILES string of the molecule is CC(C)(C)OC(=O)N1CC[C@H]([C@H](COS(C)(=O)=O)c2nc(C3CC3)no2)C1. The first kappa shape index (κ1) is 20.1. The average molecular weight is 401 g/mol. The van der Waals surface area contributed by atoms with Gasteiger partial charge in [-0.3, -0.25) is 4.18 Å². The zero-order valence-corrected chi connectivity index (χ0v) is 17.0. The molecule has 1 aromatic heterocycles. The number of rotatable bonds is 6. The van der Waals surface area contributed by atoms with Crippen molar-refractivity contribution < 1.29 is 26.7 Å². The Bertz CT molecular complexity index is 781. The summed E-state index contributed by atoms with van der Waals surface area (Å²) >= 11 is 0. The first-order valence-corrected chi connectivity index (χ1v) is 11.0. The topological polar surface area (TPSA) is 112 Å². The number of nitrogens with zero attached hydrogens (tertiary/aromatic N) is 3. The zero-order valence-electron chi connectivity index (χ0n) is 16.2. The van der Waals surface area contributed by atoms with E-state index in [4.69, 9.17) is 13.4 Å². The fourth-order valence-corrected chi connectivity index (χ4v) is 3.51. The van der Waals surface area contributed by atoms with Crippen LogP contribution in [-0.2, 0) is 19.0 Å². The molecular formula is C17H27N3O6S. The van der Waals surface area contributed by atoms with Crippen LogP contribution in [0.1, 0.15) is 63.6 Å². The maximum absolute atomic E-state index is 12.3. The largest absolute Gasteiger partial charge is 0.444 e. The van der Waals surface area contributed by atoms with Crippen molar-refractivity contribution in [1.29, 1.82) is 0 Å². The molecule has 3 rings (SSSR count). The van der Waals surface area contributed by atoms with Gasteiger partial charge in [0.1, 0.15) is 5.60 Å². The van der Waals surface area contributed by atoms with Gasteiger partial charge in [-0.25, -0.2) is 4.79 Å². The minimum Gasteiger partial charge on any atom is -0.444 e. The van der Waals surface area contributed by atoms with Crippen molar-refractivity contribution in [2.75, 3.05) is 26.0 Å². The minimum absolute atomic E-state index is 0.0493. The molecule has 2 atom stereocenters. The quantitative estimate of drug-likeness (QED) is 0.667. The smallest absolute Gasteiger partial charge is 0.410 e. The van der Waals surface area contributed by atoms with Crippen LogP contribution in [0.4, 0.5) is 4.79 Å². The molecule has 0 spiro atoms. The molecule has 1 amide bonds. The normalized spacial score (nSPS) is 22.1. The van der Waals surface area contributed by atoms with E-state index < -0.39 is 21.6 Å². The van der Waals surface area contributed by atoms with Gasteiger partial charge < -0.3 is 14.2 Å². The Labute approximate surface area is 159 Å². The lowest BCUT2D eigenvalue weighted by atomic mass is 9.92. The number of hydrogen-bond donors (Lipinski definition) is 0. The van der Waals surface area contributed by atoms with E-state index in [0.29, 0.717) is 37.1 Å². The van der Waals surface area contributed by atoms with Crippen LogP contribution in [0.5, 0.6) is 0 Å². The van der Waals surface area contributed by atoms with Crippen LogP contribution in [0.25, 0.3) is 0 Å². The average Bonchev–Trinajstić information content (AvgIpc) is 3.06. The number of likely N-dealkylation sites (tertiary alicyclic amines) is 1. The molecule has 0 N–H and O–H groups in total. The third kappa shape index (κ3) is 5.65. The molecule has 9 nitrogen and oxygen atoms in total. The molecule has 0 bridgehead atoms. The summed E-state index contributed by atoms with van der Waals surface area (Å²) in [5, 5.41) is 4.02. The Morgan fingerprint density at radius 3 is 2.63 bits per heavy atom. The van der Waals surface area contributed by atoms with E-state index in [1.807, 2.05) is 20.8 Å². The summed E-state index contributed by atoms with van der Waals surface area (Å²) in [7, 11) is -3.60. The Kier molecular flexibility index (Phi) is 5.49. The predicted octanol–water partition coefficient (Wildman–Crippen LogP) is 2.26. The van der Waals surface area contributed by atoms with Gasteiger partial charge in [0.25, 0.3) is 10.1 Å². The van der Waals surface area contributed by atoms with Gasteiger partial charge in [-0.15, -0.1) is 0 Å². The summed E-state index contributed by atoms with van der Waals surface area (Å²) in [4.78, 5) is 18.4. The highest BCUT2D eigenvalue weighted by Gasteiger charge is 2.39. The van der Waals surface area contributed by atoms with Gasteiger partial charge in [-0.2, -0.15) is 13.4 Å². The maximum atomic E-state index is 12.3. The highest BCUT2D eigenvalue weighted by atomic mass is 32.2. The molecule has 10 heteroatoms. The van der Waals surface area contributed by atoms with Gasteiger partial charge in [0, 0.05) is 19.0 Å². The summed E-state index contributed by atoms with van der Waals surface area (Å²) in [5.41, 5.74) is -0.570. The van der Waals surface area contributed by atoms with Crippen molar-refractivity contribution in [3.05, 3.63) is 11.7 Å². The maximum Gasteiger partial charge on any atom is 0.410 e. The monoisotopic (exact) mass is 401 g/mol. The fourth-order valence-electron chi connectivity index (χ4n) is 3.12. The number of hydrogen-bond acceptors (Lipinski definition) is 8. The molecule has 1 saturated carbocycles. The lowest BCUT2D eigenvalue weighted by Crippen LogP contribution is -2.36.